The third kappa shape index (κ3) is 3.65. The molecule has 4 heteroatoms. The second kappa shape index (κ2) is 7.17. The van der Waals surface area contributed by atoms with Crippen molar-refractivity contribution in [3.8, 4) is 11.5 Å². The Morgan fingerprint density at radius 2 is 1.80 bits per heavy atom. The van der Waals surface area contributed by atoms with Crippen LogP contribution in [0.4, 0.5) is 0 Å². The van der Waals surface area contributed by atoms with E-state index in [0.717, 1.165) is 49.4 Å². The molecule has 0 aromatic heterocycles. The van der Waals surface area contributed by atoms with Crippen LogP contribution in [0.1, 0.15) is 31.2 Å². The lowest BCUT2D eigenvalue weighted by atomic mass is 10.1. The molecule has 0 unspecified atom stereocenters. The van der Waals surface area contributed by atoms with Gasteiger partial charge in [-0.05, 0) is 43.4 Å². The van der Waals surface area contributed by atoms with Crippen LogP contribution < -0.4 is 9.47 Å². The highest BCUT2D eigenvalue weighted by Gasteiger charge is 2.16. The first kappa shape index (κ1) is 14.7. The molecule has 0 spiro atoms. The van der Waals surface area contributed by atoms with E-state index in [9.17, 15) is 4.79 Å². The number of piperidine rings is 1. The molecule has 2 rings (SSSR count). The number of likely N-dealkylation sites (tertiary alicyclic amines) is 1. The summed E-state index contributed by atoms with van der Waals surface area (Å²) in [4.78, 5) is 14.1. The number of hydrogen-bond donors (Lipinski definition) is 0. The maximum Gasteiger partial charge on any atom is 0.222 e. The largest absolute Gasteiger partial charge is 0.493 e. The Bertz CT molecular complexity index is 453. The monoisotopic (exact) mass is 277 g/mol. The first-order valence-corrected chi connectivity index (χ1v) is 7.23. The van der Waals surface area contributed by atoms with Crippen molar-refractivity contribution in [2.75, 3.05) is 27.3 Å². The third-order valence-corrected chi connectivity index (χ3v) is 3.78. The molecule has 0 atom stereocenters. The van der Waals surface area contributed by atoms with Crippen LogP contribution in [0.2, 0.25) is 0 Å². The molecule has 0 bridgehead atoms. The Morgan fingerprint density at radius 3 is 2.45 bits per heavy atom. The highest BCUT2D eigenvalue weighted by atomic mass is 16.5. The van der Waals surface area contributed by atoms with E-state index < -0.39 is 0 Å². The van der Waals surface area contributed by atoms with Crippen molar-refractivity contribution in [2.45, 2.75) is 32.1 Å². The predicted molar refractivity (Wildman–Crippen MR) is 78.3 cm³/mol. The summed E-state index contributed by atoms with van der Waals surface area (Å²) in [5.74, 6) is 1.70. The summed E-state index contributed by atoms with van der Waals surface area (Å²) in [6.45, 7) is 1.84. The summed E-state index contributed by atoms with van der Waals surface area (Å²) in [7, 11) is 3.25. The highest BCUT2D eigenvalue weighted by molar-refractivity contribution is 5.76. The van der Waals surface area contributed by atoms with Crippen LogP contribution >= 0.6 is 0 Å². The van der Waals surface area contributed by atoms with Crippen molar-refractivity contribution in [3.05, 3.63) is 23.8 Å². The number of hydrogen-bond acceptors (Lipinski definition) is 3. The number of carbonyl (C=O) groups is 1. The predicted octanol–water partition coefficient (Wildman–Crippen LogP) is 2.65. The minimum absolute atomic E-state index is 0.263. The zero-order chi connectivity index (χ0) is 14.4. The molecule has 1 saturated heterocycles. The zero-order valence-electron chi connectivity index (χ0n) is 12.4. The average Bonchev–Trinajstić information content (AvgIpc) is 2.53. The van der Waals surface area contributed by atoms with Gasteiger partial charge in [-0.3, -0.25) is 4.79 Å². The van der Waals surface area contributed by atoms with E-state index in [2.05, 4.69) is 0 Å². The molecule has 110 valence electrons. The van der Waals surface area contributed by atoms with Gasteiger partial charge in [0.25, 0.3) is 0 Å². The Kier molecular flexibility index (Phi) is 5.27. The molecule has 0 N–H and O–H groups in total. The molecule has 4 nitrogen and oxygen atoms in total. The van der Waals surface area contributed by atoms with E-state index in [0.29, 0.717) is 6.42 Å². The summed E-state index contributed by atoms with van der Waals surface area (Å²) >= 11 is 0. The van der Waals surface area contributed by atoms with Crippen LogP contribution in [0, 0.1) is 0 Å². The zero-order valence-corrected chi connectivity index (χ0v) is 12.4. The Hall–Kier alpha value is -1.71. The number of ether oxygens (including phenoxy) is 2. The van der Waals surface area contributed by atoms with Gasteiger partial charge < -0.3 is 14.4 Å². The molecule has 1 aromatic carbocycles. The summed E-state index contributed by atoms with van der Waals surface area (Å²) in [5, 5.41) is 0. The molecular formula is C16H23NO3. The molecule has 1 aliphatic heterocycles. The molecular weight excluding hydrogens is 254 g/mol. The van der Waals surface area contributed by atoms with Crippen LogP contribution in [-0.4, -0.2) is 38.1 Å². The lowest BCUT2D eigenvalue weighted by Crippen LogP contribution is -2.35. The molecule has 1 aliphatic rings. The normalized spacial score (nSPS) is 15.0. The lowest BCUT2D eigenvalue weighted by molar-refractivity contribution is -0.132. The van der Waals surface area contributed by atoms with Gasteiger partial charge in [-0.15, -0.1) is 0 Å². The molecule has 0 aliphatic carbocycles. The lowest BCUT2D eigenvalue weighted by Gasteiger charge is -2.26. The Labute approximate surface area is 120 Å². The summed E-state index contributed by atoms with van der Waals surface area (Å²) in [5.41, 5.74) is 1.10. The van der Waals surface area contributed by atoms with Gasteiger partial charge in [-0.25, -0.2) is 0 Å². The van der Waals surface area contributed by atoms with Gasteiger partial charge in [0, 0.05) is 19.5 Å². The summed E-state index contributed by atoms with van der Waals surface area (Å²) in [6, 6.07) is 5.83. The number of nitrogens with zero attached hydrogens (tertiary/aromatic N) is 1. The maximum absolute atomic E-state index is 12.1. The number of amides is 1. The van der Waals surface area contributed by atoms with E-state index >= 15 is 0 Å². The fraction of sp³-hybridized carbons (Fsp3) is 0.562. The molecule has 0 radical (unpaired) electrons. The standard InChI is InChI=1S/C16H23NO3/c1-19-14-8-6-13(12-15(14)20-2)7-9-16(18)17-10-4-3-5-11-17/h6,8,12H,3-5,7,9-11H2,1-2H3. The van der Waals surface area contributed by atoms with Crippen molar-refractivity contribution >= 4 is 5.91 Å². The van der Waals surface area contributed by atoms with Gasteiger partial charge in [0.1, 0.15) is 0 Å². The molecule has 20 heavy (non-hydrogen) atoms. The van der Waals surface area contributed by atoms with E-state index in [1.54, 1.807) is 14.2 Å². The third-order valence-electron chi connectivity index (χ3n) is 3.78. The smallest absolute Gasteiger partial charge is 0.222 e. The van der Waals surface area contributed by atoms with Gasteiger partial charge in [-0.1, -0.05) is 6.07 Å². The number of carbonyl (C=O) groups excluding carboxylic acids is 1. The number of rotatable bonds is 5. The number of aryl methyl sites for hydroxylation is 1. The van der Waals surface area contributed by atoms with Crippen molar-refractivity contribution in [2.24, 2.45) is 0 Å². The minimum Gasteiger partial charge on any atom is -0.493 e. The SMILES string of the molecule is COc1ccc(CCC(=O)N2CCCCC2)cc1OC. The van der Waals surface area contributed by atoms with Gasteiger partial charge in [0.2, 0.25) is 5.91 Å². The quantitative estimate of drug-likeness (QED) is 0.830. The minimum atomic E-state index is 0.263. The molecule has 0 saturated carbocycles. The topological polar surface area (TPSA) is 38.8 Å². The van der Waals surface area contributed by atoms with Gasteiger partial charge in [0.15, 0.2) is 11.5 Å². The van der Waals surface area contributed by atoms with E-state index in [1.165, 1.54) is 6.42 Å². The highest BCUT2D eigenvalue weighted by Crippen LogP contribution is 2.28. The van der Waals surface area contributed by atoms with Crippen molar-refractivity contribution in [3.63, 3.8) is 0 Å². The van der Waals surface area contributed by atoms with E-state index in [4.69, 9.17) is 9.47 Å². The molecule has 1 amide bonds. The fourth-order valence-electron chi connectivity index (χ4n) is 2.59. The van der Waals surface area contributed by atoms with Gasteiger partial charge in [0.05, 0.1) is 14.2 Å². The Morgan fingerprint density at radius 1 is 1.10 bits per heavy atom. The van der Waals surface area contributed by atoms with Crippen molar-refractivity contribution in [1.29, 1.82) is 0 Å². The number of benzene rings is 1. The van der Waals surface area contributed by atoms with Crippen LogP contribution in [0.25, 0.3) is 0 Å². The summed E-state index contributed by atoms with van der Waals surface area (Å²) < 4.78 is 10.5. The number of methoxy groups -OCH3 is 2. The van der Waals surface area contributed by atoms with Crippen LogP contribution in [-0.2, 0) is 11.2 Å². The van der Waals surface area contributed by atoms with Crippen LogP contribution in [0.15, 0.2) is 18.2 Å². The first-order valence-electron chi connectivity index (χ1n) is 7.23. The van der Waals surface area contributed by atoms with Gasteiger partial charge >= 0.3 is 0 Å². The van der Waals surface area contributed by atoms with Crippen LogP contribution in [0.3, 0.4) is 0 Å². The average molecular weight is 277 g/mol. The van der Waals surface area contributed by atoms with Crippen LogP contribution in [0.5, 0.6) is 11.5 Å². The van der Waals surface area contributed by atoms with E-state index in [-0.39, 0.29) is 5.91 Å². The molecule has 1 aromatic rings. The molecule has 1 heterocycles. The fourth-order valence-corrected chi connectivity index (χ4v) is 2.59. The maximum atomic E-state index is 12.1. The Balaban J connectivity index is 1.91. The summed E-state index contributed by atoms with van der Waals surface area (Å²) in [6.07, 6.45) is 4.84. The first-order chi connectivity index (χ1) is 9.74. The van der Waals surface area contributed by atoms with Crippen molar-refractivity contribution < 1.29 is 14.3 Å². The molecule has 1 fully saturated rings. The van der Waals surface area contributed by atoms with Gasteiger partial charge in [-0.2, -0.15) is 0 Å². The van der Waals surface area contributed by atoms with E-state index in [1.807, 2.05) is 23.1 Å². The second-order valence-electron chi connectivity index (χ2n) is 5.13. The van der Waals surface area contributed by atoms with Crippen molar-refractivity contribution in [1.82, 2.24) is 4.90 Å². The second-order valence-corrected chi connectivity index (χ2v) is 5.13.